The number of para-hydroxylation sites is 1. The zero-order valence-electron chi connectivity index (χ0n) is 11.6. The van der Waals surface area contributed by atoms with Gasteiger partial charge in [0.2, 0.25) is 0 Å². The smallest absolute Gasteiger partial charge is 0.255 e. The summed E-state index contributed by atoms with van der Waals surface area (Å²) >= 11 is 5.06. The number of nitrogens with one attached hydrogen (secondary N) is 1. The summed E-state index contributed by atoms with van der Waals surface area (Å²) in [5, 5.41) is 2.84. The molecule has 2 aromatic rings. The van der Waals surface area contributed by atoms with E-state index >= 15 is 0 Å². The van der Waals surface area contributed by atoms with Crippen molar-refractivity contribution in [3.63, 3.8) is 0 Å². The summed E-state index contributed by atoms with van der Waals surface area (Å²) in [7, 11) is 1.52. The van der Waals surface area contributed by atoms with Gasteiger partial charge in [0.15, 0.2) is 0 Å². The molecule has 0 saturated carbocycles. The third kappa shape index (κ3) is 3.58. The Labute approximate surface area is 128 Å². The van der Waals surface area contributed by atoms with Gasteiger partial charge in [0.25, 0.3) is 5.91 Å². The topological polar surface area (TPSA) is 64.3 Å². The van der Waals surface area contributed by atoms with Gasteiger partial charge in [0.05, 0.1) is 12.7 Å². The molecule has 1 amide bonds. The SMILES string of the molecule is COc1ccccc1C(=O)NC(C(N)=S)c1ccccc1. The number of methoxy groups -OCH3 is 1. The van der Waals surface area contributed by atoms with Gasteiger partial charge in [-0.2, -0.15) is 0 Å². The van der Waals surface area contributed by atoms with Gasteiger partial charge >= 0.3 is 0 Å². The summed E-state index contributed by atoms with van der Waals surface area (Å²) in [6.07, 6.45) is 0. The fraction of sp³-hybridized carbons (Fsp3) is 0.125. The first kappa shape index (κ1) is 15.0. The van der Waals surface area contributed by atoms with Crippen molar-refractivity contribution in [1.29, 1.82) is 0 Å². The van der Waals surface area contributed by atoms with Crippen LogP contribution in [0.2, 0.25) is 0 Å². The maximum Gasteiger partial charge on any atom is 0.255 e. The van der Waals surface area contributed by atoms with Crippen LogP contribution < -0.4 is 15.8 Å². The van der Waals surface area contributed by atoms with Crippen LogP contribution in [0.4, 0.5) is 0 Å². The van der Waals surface area contributed by atoms with Crippen LogP contribution in [0.15, 0.2) is 54.6 Å². The fourth-order valence-corrected chi connectivity index (χ4v) is 2.20. The fourth-order valence-electron chi connectivity index (χ4n) is 2.01. The average molecular weight is 300 g/mol. The summed E-state index contributed by atoms with van der Waals surface area (Å²) in [6.45, 7) is 0. The second kappa shape index (κ2) is 6.85. The van der Waals surface area contributed by atoms with Gasteiger partial charge in [0.1, 0.15) is 16.8 Å². The Balaban J connectivity index is 2.25. The molecule has 5 heteroatoms. The van der Waals surface area contributed by atoms with Crippen molar-refractivity contribution in [3.8, 4) is 5.75 Å². The monoisotopic (exact) mass is 300 g/mol. The number of carbonyl (C=O) groups is 1. The summed E-state index contributed by atoms with van der Waals surface area (Å²) in [4.78, 5) is 12.6. The average Bonchev–Trinajstić information content (AvgIpc) is 2.52. The minimum Gasteiger partial charge on any atom is -0.496 e. The lowest BCUT2D eigenvalue weighted by molar-refractivity contribution is 0.0944. The van der Waals surface area contributed by atoms with Crippen LogP contribution in [-0.2, 0) is 0 Å². The van der Waals surface area contributed by atoms with Crippen molar-refractivity contribution in [2.75, 3.05) is 7.11 Å². The first-order chi connectivity index (χ1) is 10.1. The Morgan fingerprint density at radius 1 is 1.14 bits per heavy atom. The number of hydrogen-bond donors (Lipinski definition) is 2. The molecule has 0 fully saturated rings. The molecule has 0 bridgehead atoms. The van der Waals surface area contributed by atoms with Crippen LogP contribution in [0.3, 0.4) is 0 Å². The summed E-state index contributed by atoms with van der Waals surface area (Å²) in [6, 6.07) is 15.8. The largest absolute Gasteiger partial charge is 0.496 e. The molecular weight excluding hydrogens is 284 g/mol. The zero-order chi connectivity index (χ0) is 15.2. The minimum absolute atomic E-state index is 0.212. The number of ether oxygens (including phenoxy) is 1. The molecule has 2 rings (SSSR count). The third-order valence-electron chi connectivity index (χ3n) is 3.04. The van der Waals surface area contributed by atoms with E-state index in [4.69, 9.17) is 22.7 Å². The number of nitrogens with two attached hydrogens (primary N) is 1. The number of benzene rings is 2. The minimum atomic E-state index is -0.515. The van der Waals surface area contributed by atoms with Gasteiger partial charge in [-0.3, -0.25) is 4.79 Å². The number of rotatable bonds is 5. The van der Waals surface area contributed by atoms with E-state index < -0.39 is 6.04 Å². The highest BCUT2D eigenvalue weighted by Crippen LogP contribution is 2.19. The zero-order valence-corrected chi connectivity index (χ0v) is 12.4. The van der Waals surface area contributed by atoms with Crippen LogP contribution in [0.25, 0.3) is 0 Å². The summed E-state index contributed by atoms with van der Waals surface area (Å²) in [5.41, 5.74) is 7.03. The van der Waals surface area contributed by atoms with Crippen molar-refractivity contribution in [2.24, 2.45) is 5.73 Å². The highest BCUT2D eigenvalue weighted by Gasteiger charge is 2.20. The second-order valence-electron chi connectivity index (χ2n) is 4.42. The van der Waals surface area contributed by atoms with Gasteiger partial charge in [-0.05, 0) is 17.7 Å². The second-order valence-corrected chi connectivity index (χ2v) is 4.89. The number of hydrogen-bond acceptors (Lipinski definition) is 3. The molecule has 0 aromatic heterocycles. The lowest BCUT2D eigenvalue weighted by Crippen LogP contribution is -2.36. The highest BCUT2D eigenvalue weighted by atomic mass is 32.1. The summed E-state index contributed by atoms with van der Waals surface area (Å²) < 4.78 is 5.19. The van der Waals surface area contributed by atoms with Crippen molar-refractivity contribution >= 4 is 23.1 Å². The van der Waals surface area contributed by atoms with Crippen LogP contribution in [0, 0.1) is 0 Å². The molecular formula is C16H16N2O2S. The van der Waals surface area contributed by atoms with Gasteiger partial charge in [-0.25, -0.2) is 0 Å². The molecule has 0 heterocycles. The van der Waals surface area contributed by atoms with Crippen molar-refractivity contribution in [2.45, 2.75) is 6.04 Å². The van der Waals surface area contributed by atoms with Gasteiger partial charge < -0.3 is 15.8 Å². The van der Waals surface area contributed by atoms with Crippen molar-refractivity contribution in [1.82, 2.24) is 5.32 Å². The molecule has 1 atom stereocenters. The van der Waals surface area contributed by atoms with E-state index in [1.807, 2.05) is 30.3 Å². The molecule has 108 valence electrons. The molecule has 1 unspecified atom stereocenters. The normalized spacial score (nSPS) is 11.5. The molecule has 21 heavy (non-hydrogen) atoms. The van der Waals surface area contributed by atoms with Gasteiger partial charge in [-0.15, -0.1) is 0 Å². The Kier molecular flexibility index (Phi) is 4.90. The van der Waals surface area contributed by atoms with E-state index in [-0.39, 0.29) is 10.9 Å². The maximum absolute atomic E-state index is 12.4. The molecule has 0 aliphatic carbocycles. The molecule has 3 N–H and O–H groups in total. The number of thiocarbonyl (C=S) groups is 1. The van der Waals surface area contributed by atoms with Crippen molar-refractivity contribution in [3.05, 3.63) is 65.7 Å². The molecule has 0 spiro atoms. The van der Waals surface area contributed by atoms with Crippen molar-refractivity contribution < 1.29 is 9.53 Å². The first-order valence-electron chi connectivity index (χ1n) is 6.41. The first-order valence-corrected chi connectivity index (χ1v) is 6.82. The van der Waals surface area contributed by atoms with E-state index in [9.17, 15) is 4.79 Å². The third-order valence-corrected chi connectivity index (χ3v) is 3.28. The Morgan fingerprint density at radius 3 is 2.38 bits per heavy atom. The van der Waals surface area contributed by atoms with E-state index in [0.29, 0.717) is 11.3 Å². The lowest BCUT2D eigenvalue weighted by atomic mass is 10.1. The molecule has 0 aliphatic heterocycles. The van der Waals surface area contributed by atoms with E-state index in [1.165, 1.54) is 7.11 Å². The molecule has 0 radical (unpaired) electrons. The number of amides is 1. The van der Waals surface area contributed by atoms with E-state index in [0.717, 1.165) is 5.56 Å². The highest BCUT2D eigenvalue weighted by molar-refractivity contribution is 7.80. The molecule has 0 saturated heterocycles. The Bertz CT molecular complexity index is 644. The van der Waals surface area contributed by atoms with E-state index in [2.05, 4.69) is 5.32 Å². The predicted octanol–water partition coefficient (Wildman–Crippen LogP) is 2.45. The molecule has 2 aromatic carbocycles. The lowest BCUT2D eigenvalue weighted by Gasteiger charge is -2.18. The molecule has 4 nitrogen and oxygen atoms in total. The maximum atomic E-state index is 12.4. The van der Waals surface area contributed by atoms with E-state index in [1.54, 1.807) is 24.3 Å². The van der Waals surface area contributed by atoms with Gasteiger partial charge in [-0.1, -0.05) is 54.7 Å². The van der Waals surface area contributed by atoms with Crippen LogP contribution >= 0.6 is 12.2 Å². The van der Waals surface area contributed by atoms with Crippen LogP contribution in [-0.4, -0.2) is 18.0 Å². The quantitative estimate of drug-likeness (QED) is 0.833. The standard InChI is InChI=1S/C16H16N2O2S/c1-20-13-10-6-5-9-12(13)16(19)18-14(15(17)21)11-7-3-2-4-8-11/h2-10,14H,1H3,(H2,17,21)(H,18,19). The Morgan fingerprint density at radius 2 is 1.76 bits per heavy atom. The molecule has 0 aliphatic rings. The van der Waals surface area contributed by atoms with Crippen LogP contribution in [0.5, 0.6) is 5.75 Å². The van der Waals surface area contributed by atoms with Crippen LogP contribution in [0.1, 0.15) is 22.0 Å². The van der Waals surface area contributed by atoms with Gasteiger partial charge in [0, 0.05) is 0 Å². The Hall–Kier alpha value is -2.40. The predicted molar refractivity (Wildman–Crippen MR) is 86.4 cm³/mol. The summed E-state index contributed by atoms with van der Waals surface area (Å²) in [5.74, 6) is 0.221. The number of carbonyl (C=O) groups excluding carboxylic acids is 1.